The zero-order valence-electron chi connectivity index (χ0n) is 14.0. The van der Waals surface area contributed by atoms with Crippen molar-refractivity contribution in [2.75, 3.05) is 23.7 Å². The fourth-order valence-corrected chi connectivity index (χ4v) is 2.58. The minimum atomic E-state index is 0.737. The van der Waals surface area contributed by atoms with Crippen molar-refractivity contribution in [3.05, 3.63) is 11.4 Å². The lowest BCUT2D eigenvalue weighted by molar-refractivity contribution is 0.535. The molecule has 1 aliphatic carbocycles. The van der Waals surface area contributed by atoms with Gasteiger partial charge in [0.15, 0.2) is 0 Å². The molecule has 1 aromatic heterocycles. The first-order valence-corrected chi connectivity index (χ1v) is 8.50. The molecule has 1 atom stereocenters. The lowest BCUT2D eigenvalue weighted by atomic mass is 10.1. The Hall–Kier alpha value is -1.32. The Morgan fingerprint density at radius 3 is 2.33 bits per heavy atom. The topological polar surface area (TPSA) is 49.8 Å². The van der Waals surface area contributed by atoms with E-state index in [0.717, 1.165) is 67.2 Å². The fourth-order valence-electron chi connectivity index (χ4n) is 2.58. The third kappa shape index (κ3) is 4.58. The summed E-state index contributed by atoms with van der Waals surface area (Å²) in [7, 11) is 0. The van der Waals surface area contributed by atoms with E-state index in [1.54, 1.807) is 0 Å². The quantitative estimate of drug-likeness (QED) is 0.721. The summed E-state index contributed by atoms with van der Waals surface area (Å²) < 4.78 is 0. The number of aromatic nitrogens is 2. The molecule has 1 aromatic rings. The van der Waals surface area contributed by atoms with E-state index in [4.69, 9.17) is 4.98 Å². The molecular weight excluding hydrogens is 260 g/mol. The molecule has 0 radical (unpaired) electrons. The first-order valence-electron chi connectivity index (χ1n) is 8.50. The number of rotatable bonds is 9. The average Bonchev–Trinajstić information content (AvgIpc) is 3.30. The Morgan fingerprint density at radius 2 is 1.76 bits per heavy atom. The van der Waals surface area contributed by atoms with Crippen molar-refractivity contribution in [3.63, 3.8) is 0 Å². The number of hydrogen-bond acceptors (Lipinski definition) is 4. The molecule has 2 N–H and O–H groups in total. The van der Waals surface area contributed by atoms with Crippen molar-refractivity contribution < 1.29 is 0 Å². The molecule has 0 aliphatic heterocycles. The molecule has 1 saturated carbocycles. The third-order valence-corrected chi connectivity index (χ3v) is 4.23. The van der Waals surface area contributed by atoms with Gasteiger partial charge in [-0.25, -0.2) is 9.97 Å². The second kappa shape index (κ2) is 7.62. The summed E-state index contributed by atoms with van der Waals surface area (Å²) in [4.78, 5) is 9.39. The molecule has 4 heteroatoms. The van der Waals surface area contributed by atoms with Gasteiger partial charge in [-0.05, 0) is 44.4 Å². The van der Waals surface area contributed by atoms with Gasteiger partial charge in [0.05, 0.1) is 0 Å². The summed E-state index contributed by atoms with van der Waals surface area (Å²) in [6, 6.07) is 0. The van der Waals surface area contributed by atoms with Crippen LogP contribution in [-0.2, 0) is 6.42 Å². The van der Waals surface area contributed by atoms with Crippen LogP contribution in [0.3, 0.4) is 0 Å². The summed E-state index contributed by atoms with van der Waals surface area (Å²) in [5.74, 6) is 4.62. The van der Waals surface area contributed by atoms with E-state index in [0.29, 0.717) is 0 Å². The predicted molar refractivity (Wildman–Crippen MR) is 89.9 cm³/mol. The minimum Gasteiger partial charge on any atom is -0.370 e. The lowest BCUT2D eigenvalue weighted by Crippen LogP contribution is -2.17. The smallest absolute Gasteiger partial charge is 0.134 e. The fraction of sp³-hybridized carbons (Fsp3) is 0.765. The molecule has 0 aromatic carbocycles. The van der Waals surface area contributed by atoms with Crippen molar-refractivity contribution in [1.29, 1.82) is 0 Å². The molecule has 0 bridgehead atoms. The van der Waals surface area contributed by atoms with Crippen LogP contribution in [0.15, 0.2) is 0 Å². The Labute approximate surface area is 129 Å². The molecule has 21 heavy (non-hydrogen) atoms. The molecule has 1 heterocycles. The molecule has 0 amide bonds. The van der Waals surface area contributed by atoms with Crippen LogP contribution in [0.25, 0.3) is 0 Å². The SMILES string of the molecule is CCCNc1nc(CCC)nc(NCC(C)C2CC2)c1C. The Balaban J connectivity index is 2.09. The van der Waals surface area contributed by atoms with Crippen molar-refractivity contribution in [2.24, 2.45) is 11.8 Å². The Morgan fingerprint density at radius 1 is 1.10 bits per heavy atom. The van der Waals surface area contributed by atoms with E-state index in [1.165, 1.54) is 12.8 Å². The van der Waals surface area contributed by atoms with Gasteiger partial charge in [-0.15, -0.1) is 0 Å². The van der Waals surface area contributed by atoms with Gasteiger partial charge in [-0.2, -0.15) is 0 Å². The Bertz CT molecular complexity index is 454. The van der Waals surface area contributed by atoms with Gasteiger partial charge in [0.1, 0.15) is 17.5 Å². The summed E-state index contributed by atoms with van der Waals surface area (Å²) in [5.41, 5.74) is 1.14. The van der Waals surface area contributed by atoms with Crippen LogP contribution < -0.4 is 10.6 Å². The minimum absolute atomic E-state index is 0.737. The van der Waals surface area contributed by atoms with Crippen LogP contribution in [-0.4, -0.2) is 23.1 Å². The summed E-state index contributed by atoms with van der Waals surface area (Å²) in [6.07, 6.45) is 5.92. The van der Waals surface area contributed by atoms with Crippen molar-refractivity contribution in [2.45, 2.75) is 59.8 Å². The molecule has 1 unspecified atom stereocenters. The summed E-state index contributed by atoms with van der Waals surface area (Å²) in [6.45, 7) is 10.8. The van der Waals surface area contributed by atoms with Crippen molar-refractivity contribution in [3.8, 4) is 0 Å². The van der Waals surface area contributed by atoms with Crippen molar-refractivity contribution in [1.82, 2.24) is 9.97 Å². The lowest BCUT2D eigenvalue weighted by Gasteiger charge is -2.17. The van der Waals surface area contributed by atoms with Crippen LogP contribution >= 0.6 is 0 Å². The molecular formula is C17H30N4. The molecule has 0 saturated heterocycles. The molecule has 2 rings (SSSR count). The highest BCUT2D eigenvalue weighted by Gasteiger charge is 2.27. The highest BCUT2D eigenvalue weighted by molar-refractivity contribution is 5.57. The molecule has 118 valence electrons. The molecule has 4 nitrogen and oxygen atoms in total. The van der Waals surface area contributed by atoms with E-state index in [9.17, 15) is 0 Å². The van der Waals surface area contributed by atoms with Gasteiger partial charge < -0.3 is 10.6 Å². The van der Waals surface area contributed by atoms with Crippen LogP contribution in [0.1, 0.15) is 57.8 Å². The van der Waals surface area contributed by atoms with Gasteiger partial charge in [-0.3, -0.25) is 0 Å². The maximum atomic E-state index is 4.72. The maximum Gasteiger partial charge on any atom is 0.134 e. The van der Waals surface area contributed by atoms with E-state index < -0.39 is 0 Å². The van der Waals surface area contributed by atoms with Crippen LogP contribution in [0.4, 0.5) is 11.6 Å². The largest absolute Gasteiger partial charge is 0.370 e. The number of anilines is 2. The predicted octanol–water partition coefficient (Wildman–Crippen LogP) is 4.02. The van der Waals surface area contributed by atoms with E-state index >= 15 is 0 Å². The van der Waals surface area contributed by atoms with Gasteiger partial charge >= 0.3 is 0 Å². The first-order chi connectivity index (χ1) is 10.2. The van der Waals surface area contributed by atoms with Crippen LogP contribution in [0.2, 0.25) is 0 Å². The number of hydrogen-bond donors (Lipinski definition) is 2. The van der Waals surface area contributed by atoms with Gasteiger partial charge in [-0.1, -0.05) is 20.8 Å². The standard InChI is InChI=1S/C17H30N4/c1-5-7-15-20-16(18-10-6-2)13(4)17(21-15)19-11-12(3)14-8-9-14/h12,14H,5-11H2,1-4H3,(H2,18,19,20,21). The second-order valence-corrected chi connectivity index (χ2v) is 6.33. The van der Waals surface area contributed by atoms with E-state index in [1.807, 2.05) is 0 Å². The second-order valence-electron chi connectivity index (χ2n) is 6.33. The van der Waals surface area contributed by atoms with Crippen LogP contribution in [0, 0.1) is 18.8 Å². The van der Waals surface area contributed by atoms with Gasteiger partial charge in [0, 0.05) is 25.1 Å². The van der Waals surface area contributed by atoms with Gasteiger partial charge in [0.25, 0.3) is 0 Å². The molecule has 1 fully saturated rings. The third-order valence-electron chi connectivity index (χ3n) is 4.23. The zero-order chi connectivity index (χ0) is 15.2. The van der Waals surface area contributed by atoms with Gasteiger partial charge in [0.2, 0.25) is 0 Å². The van der Waals surface area contributed by atoms with Crippen LogP contribution in [0.5, 0.6) is 0 Å². The summed E-state index contributed by atoms with van der Waals surface area (Å²) >= 11 is 0. The number of aryl methyl sites for hydroxylation is 1. The highest BCUT2D eigenvalue weighted by atomic mass is 15.1. The maximum absolute atomic E-state index is 4.72. The average molecular weight is 290 g/mol. The highest BCUT2D eigenvalue weighted by Crippen LogP contribution is 2.36. The first kappa shape index (κ1) is 16.1. The normalized spacial score (nSPS) is 15.8. The summed E-state index contributed by atoms with van der Waals surface area (Å²) in [5, 5.41) is 6.99. The van der Waals surface area contributed by atoms with Crippen molar-refractivity contribution >= 4 is 11.6 Å². The monoisotopic (exact) mass is 290 g/mol. The molecule has 1 aliphatic rings. The molecule has 0 spiro atoms. The number of nitrogens with one attached hydrogen (secondary N) is 2. The number of nitrogens with zero attached hydrogens (tertiary/aromatic N) is 2. The van der Waals surface area contributed by atoms with E-state index in [-0.39, 0.29) is 0 Å². The Kier molecular flexibility index (Phi) is 5.83. The van der Waals surface area contributed by atoms with E-state index in [2.05, 4.69) is 43.3 Å². The zero-order valence-corrected chi connectivity index (χ0v) is 14.0.